The van der Waals surface area contributed by atoms with Crippen molar-refractivity contribution in [3.8, 4) is 11.8 Å². The van der Waals surface area contributed by atoms with Crippen LogP contribution in [0.3, 0.4) is 0 Å². The minimum Gasteiger partial charge on any atom is -0.489 e. The Balaban J connectivity index is 1.57. The van der Waals surface area contributed by atoms with Crippen LogP contribution in [-0.4, -0.2) is 40.0 Å². The van der Waals surface area contributed by atoms with Gasteiger partial charge in [0, 0.05) is 47.9 Å². The third-order valence-electron chi connectivity index (χ3n) is 5.14. The van der Waals surface area contributed by atoms with E-state index in [-0.39, 0.29) is 27.9 Å². The highest BCUT2D eigenvalue weighted by Gasteiger charge is 2.28. The highest BCUT2D eigenvalue weighted by Crippen LogP contribution is 2.29. The summed E-state index contributed by atoms with van der Waals surface area (Å²) >= 11 is 12.0. The Morgan fingerprint density at radius 3 is 2.76 bits per heavy atom. The van der Waals surface area contributed by atoms with Crippen molar-refractivity contribution in [1.82, 2.24) is 9.97 Å². The summed E-state index contributed by atoms with van der Waals surface area (Å²) in [6.07, 6.45) is 2.19. The number of rotatable bonds is 6. The molecule has 0 bridgehead atoms. The molecule has 1 saturated heterocycles. The smallest absolute Gasteiger partial charge is 0.232 e. The summed E-state index contributed by atoms with van der Waals surface area (Å²) in [7, 11) is 0. The number of pyridine rings is 2. The number of halogens is 3. The van der Waals surface area contributed by atoms with E-state index in [0.29, 0.717) is 47.0 Å². The van der Waals surface area contributed by atoms with Gasteiger partial charge in [0.2, 0.25) is 5.95 Å². The quantitative estimate of drug-likeness (QED) is 0.275. The van der Waals surface area contributed by atoms with Gasteiger partial charge in [0.1, 0.15) is 29.3 Å². The Morgan fingerprint density at radius 2 is 2.06 bits per heavy atom. The molecule has 168 valence electrons. The highest BCUT2D eigenvalue weighted by molar-refractivity contribution is 6.35. The molecule has 0 atom stereocenters. The van der Waals surface area contributed by atoms with Gasteiger partial charge in [-0.1, -0.05) is 23.2 Å². The van der Waals surface area contributed by atoms with Crippen LogP contribution in [0.5, 0.6) is 5.75 Å². The zero-order valence-electron chi connectivity index (χ0n) is 17.0. The normalized spacial score (nSPS) is 13.4. The number of hydrogen-bond acceptors (Lipinski definition) is 8. The second kappa shape index (κ2) is 9.19. The molecule has 11 heteroatoms. The average molecular weight is 487 g/mol. The van der Waals surface area contributed by atoms with E-state index in [4.69, 9.17) is 39.1 Å². The molecule has 1 aromatic carbocycles. The number of aliphatic hydroxyl groups is 1. The first-order valence-electron chi connectivity index (χ1n) is 9.71. The number of nitrogen functional groups attached to an aromatic ring is 1. The molecular weight excluding hydrogens is 470 g/mol. The van der Waals surface area contributed by atoms with Crippen LogP contribution in [0.1, 0.15) is 22.3 Å². The highest BCUT2D eigenvalue weighted by atomic mass is 35.5. The van der Waals surface area contributed by atoms with Gasteiger partial charge in [0.25, 0.3) is 0 Å². The van der Waals surface area contributed by atoms with Crippen LogP contribution in [0.25, 0.3) is 0 Å². The lowest BCUT2D eigenvalue weighted by molar-refractivity contribution is 0.141. The van der Waals surface area contributed by atoms with Crippen molar-refractivity contribution >= 4 is 40.4 Å². The standard InChI is InChI=1S/C22H17Cl2FN6O2/c23-17-7-29-21(25)19(24)16(17)10-33-14-1-2-18(27)15(4-14)20(28)12-3-11(5-26)22(30-6-12)31-8-13(32)9-31/h1-4,6-7,13,28,32H,8-10,27H2. The average Bonchev–Trinajstić information content (AvgIpc) is 2.79. The van der Waals surface area contributed by atoms with Crippen LogP contribution in [0, 0.1) is 22.7 Å². The Labute approximate surface area is 198 Å². The molecule has 1 aliphatic rings. The fraction of sp³-hybridized carbons (Fsp3) is 0.182. The molecule has 0 radical (unpaired) electrons. The number of nitrogens with two attached hydrogens (primary N) is 1. The van der Waals surface area contributed by atoms with E-state index in [1.54, 1.807) is 29.2 Å². The van der Waals surface area contributed by atoms with Crippen molar-refractivity contribution in [3.05, 3.63) is 74.9 Å². The lowest BCUT2D eigenvalue weighted by Gasteiger charge is -2.37. The molecule has 3 aromatic rings. The van der Waals surface area contributed by atoms with Crippen molar-refractivity contribution < 1.29 is 14.2 Å². The molecule has 4 N–H and O–H groups in total. The van der Waals surface area contributed by atoms with Gasteiger partial charge in [-0.15, -0.1) is 0 Å². The number of benzene rings is 1. The number of nitrogens with zero attached hydrogens (tertiary/aromatic N) is 4. The molecule has 3 heterocycles. The SMILES string of the molecule is N#Cc1cc(C(=N)c2cc(OCc3c(Cl)cnc(F)c3Cl)ccc2N)cnc1N1CC(O)C1. The number of aliphatic hydroxyl groups excluding tert-OH is 1. The minimum atomic E-state index is -0.851. The van der Waals surface area contributed by atoms with Crippen LogP contribution in [0.4, 0.5) is 15.9 Å². The summed E-state index contributed by atoms with van der Waals surface area (Å²) in [6.45, 7) is 0.685. The van der Waals surface area contributed by atoms with Gasteiger partial charge in [0.05, 0.1) is 22.4 Å². The topological polar surface area (TPSA) is 132 Å². The molecule has 0 saturated carbocycles. The van der Waals surface area contributed by atoms with Crippen molar-refractivity contribution in [3.63, 3.8) is 0 Å². The van der Waals surface area contributed by atoms with E-state index in [1.165, 1.54) is 6.20 Å². The number of nitrogens with one attached hydrogen (secondary N) is 1. The predicted octanol–water partition coefficient (Wildman–Crippen LogP) is 3.55. The van der Waals surface area contributed by atoms with Crippen molar-refractivity contribution in [2.24, 2.45) is 0 Å². The second-order valence-electron chi connectivity index (χ2n) is 7.37. The number of anilines is 2. The number of hydrogen-bond donors (Lipinski definition) is 3. The summed E-state index contributed by atoms with van der Waals surface area (Å²) in [5, 5.41) is 27.6. The first-order chi connectivity index (χ1) is 15.8. The van der Waals surface area contributed by atoms with E-state index in [9.17, 15) is 14.8 Å². The fourth-order valence-electron chi connectivity index (χ4n) is 3.32. The maximum Gasteiger partial charge on any atom is 0.232 e. The lowest BCUT2D eigenvalue weighted by atomic mass is 10.00. The molecule has 0 spiro atoms. The number of ether oxygens (including phenoxy) is 1. The zero-order valence-corrected chi connectivity index (χ0v) is 18.5. The van der Waals surface area contributed by atoms with Gasteiger partial charge in [-0.3, -0.25) is 5.41 Å². The van der Waals surface area contributed by atoms with Crippen LogP contribution < -0.4 is 15.4 Å². The van der Waals surface area contributed by atoms with Crippen LogP contribution in [0.2, 0.25) is 10.0 Å². The van der Waals surface area contributed by atoms with Crippen LogP contribution in [-0.2, 0) is 6.61 Å². The van der Waals surface area contributed by atoms with Crippen LogP contribution >= 0.6 is 23.2 Å². The van der Waals surface area contributed by atoms with E-state index in [0.717, 1.165) is 6.20 Å². The largest absolute Gasteiger partial charge is 0.489 e. The maximum absolute atomic E-state index is 13.6. The van der Waals surface area contributed by atoms with E-state index in [1.807, 2.05) is 0 Å². The Kier molecular flexibility index (Phi) is 6.33. The summed E-state index contributed by atoms with van der Waals surface area (Å²) in [6, 6.07) is 8.38. The first-order valence-corrected chi connectivity index (χ1v) is 10.5. The molecule has 4 rings (SSSR count). The number of β-amino-alcohol motifs (C(OH)–C–C–N with tert-alkyl or cyclic N) is 1. The lowest BCUT2D eigenvalue weighted by Crippen LogP contribution is -2.51. The molecule has 33 heavy (non-hydrogen) atoms. The minimum absolute atomic E-state index is 0.0446. The Hall–Kier alpha value is -3.45. The summed E-state index contributed by atoms with van der Waals surface area (Å²) < 4.78 is 19.3. The summed E-state index contributed by atoms with van der Waals surface area (Å²) in [4.78, 5) is 9.55. The molecule has 1 fully saturated rings. The van der Waals surface area contributed by atoms with Gasteiger partial charge in [0.15, 0.2) is 0 Å². The molecule has 2 aromatic heterocycles. The van der Waals surface area contributed by atoms with Gasteiger partial charge in [-0.2, -0.15) is 9.65 Å². The first kappa shape index (κ1) is 22.7. The summed E-state index contributed by atoms with van der Waals surface area (Å²) in [5.41, 5.74) is 7.74. The van der Waals surface area contributed by atoms with E-state index in [2.05, 4.69) is 16.0 Å². The van der Waals surface area contributed by atoms with Crippen molar-refractivity contribution in [2.75, 3.05) is 23.7 Å². The third kappa shape index (κ3) is 4.54. The van der Waals surface area contributed by atoms with Gasteiger partial charge in [-0.25, -0.2) is 9.97 Å². The van der Waals surface area contributed by atoms with Gasteiger partial charge >= 0.3 is 0 Å². The fourth-order valence-corrected chi connectivity index (χ4v) is 3.77. The maximum atomic E-state index is 13.6. The predicted molar refractivity (Wildman–Crippen MR) is 123 cm³/mol. The molecule has 0 amide bonds. The molecule has 0 unspecified atom stereocenters. The zero-order chi connectivity index (χ0) is 23.7. The van der Waals surface area contributed by atoms with Crippen LogP contribution in [0.15, 0.2) is 36.7 Å². The Bertz CT molecular complexity index is 1290. The third-order valence-corrected chi connectivity index (χ3v) is 5.85. The van der Waals surface area contributed by atoms with Gasteiger partial charge in [-0.05, 0) is 24.3 Å². The van der Waals surface area contributed by atoms with Crippen molar-refractivity contribution in [1.29, 1.82) is 10.7 Å². The molecule has 8 nitrogen and oxygen atoms in total. The monoisotopic (exact) mass is 486 g/mol. The Morgan fingerprint density at radius 1 is 1.30 bits per heavy atom. The second-order valence-corrected chi connectivity index (χ2v) is 8.15. The summed E-state index contributed by atoms with van der Waals surface area (Å²) in [5.74, 6) is -0.0351. The number of nitriles is 1. The molecule has 0 aliphatic carbocycles. The van der Waals surface area contributed by atoms with E-state index >= 15 is 0 Å². The van der Waals surface area contributed by atoms with Crippen molar-refractivity contribution in [2.45, 2.75) is 12.7 Å². The molecule has 1 aliphatic heterocycles. The van der Waals surface area contributed by atoms with Gasteiger partial charge < -0.3 is 20.5 Å². The van der Waals surface area contributed by atoms with E-state index < -0.39 is 12.1 Å². The number of aromatic nitrogens is 2. The molecular formula is C22H17Cl2FN6O2.